The number of anilines is 2. The van der Waals surface area contributed by atoms with E-state index < -0.39 is 0 Å². The van der Waals surface area contributed by atoms with Crippen LogP contribution in [-0.2, 0) is 13.6 Å². The lowest BCUT2D eigenvalue weighted by Gasteiger charge is -2.17. The van der Waals surface area contributed by atoms with Gasteiger partial charge in [0, 0.05) is 23.7 Å². The maximum atomic E-state index is 10.4. The third kappa shape index (κ3) is 3.51. The number of aryl methyl sites for hydroxylation is 2. The first-order valence-electron chi connectivity index (χ1n) is 10.2. The Labute approximate surface area is 170 Å². The van der Waals surface area contributed by atoms with Crippen molar-refractivity contribution in [2.45, 2.75) is 27.3 Å². The lowest BCUT2D eigenvalue weighted by Crippen LogP contribution is -3.10. The van der Waals surface area contributed by atoms with Crippen molar-refractivity contribution >= 4 is 33.3 Å². The van der Waals surface area contributed by atoms with E-state index >= 15 is 0 Å². The molecule has 2 aromatic heterocycles. The molecule has 0 saturated carbocycles. The molecule has 0 bridgehead atoms. The Hall–Kier alpha value is -3.12. The Balaban J connectivity index is 1.83. The van der Waals surface area contributed by atoms with Crippen molar-refractivity contribution in [3.05, 3.63) is 53.7 Å². The molecule has 0 amide bonds. The molecule has 6 heteroatoms. The second-order valence-corrected chi connectivity index (χ2v) is 7.51. The summed E-state index contributed by atoms with van der Waals surface area (Å²) in [4.78, 5) is 6.24. The molecule has 3 N–H and O–H groups in total. The summed E-state index contributed by atoms with van der Waals surface area (Å²) < 4.78 is 1.83. The fourth-order valence-electron chi connectivity index (χ4n) is 3.95. The Kier molecular flexibility index (Phi) is 5.11. The Morgan fingerprint density at radius 2 is 1.86 bits per heavy atom. The number of aromatic hydroxyl groups is 1. The number of hydrogen-bond acceptors (Lipinski definition) is 4. The minimum Gasteiger partial charge on any atom is -0.507 e. The van der Waals surface area contributed by atoms with E-state index in [-0.39, 0.29) is 0 Å². The monoisotopic (exact) mass is 390 g/mol. The van der Waals surface area contributed by atoms with Gasteiger partial charge >= 0.3 is 0 Å². The lowest BCUT2D eigenvalue weighted by atomic mass is 10.1. The van der Waals surface area contributed by atoms with Crippen molar-refractivity contribution in [2.75, 3.05) is 18.4 Å². The minimum atomic E-state index is 0.345. The number of aromatic nitrogens is 3. The number of nitrogens with one attached hydrogen (secondary N) is 2. The predicted molar refractivity (Wildman–Crippen MR) is 118 cm³/mol. The number of phenols is 1. The van der Waals surface area contributed by atoms with Crippen LogP contribution in [0.4, 0.5) is 11.4 Å². The molecule has 0 aliphatic carbocycles. The molecular weight excluding hydrogens is 362 g/mol. The van der Waals surface area contributed by atoms with Crippen LogP contribution >= 0.6 is 0 Å². The molecule has 29 heavy (non-hydrogen) atoms. The van der Waals surface area contributed by atoms with E-state index in [1.54, 1.807) is 6.07 Å². The van der Waals surface area contributed by atoms with Crippen molar-refractivity contribution in [1.82, 2.24) is 14.8 Å². The van der Waals surface area contributed by atoms with E-state index in [9.17, 15) is 5.11 Å². The van der Waals surface area contributed by atoms with Gasteiger partial charge in [-0.25, -0.2) is 4.98 Å². The molecule has 6 nitrogen and oxygen atoms in total. The van der Waals surface area contributed by atoms with E-state index in [1.807, 2.05) is 49.0 Å². The second kappa shape index (κ2) is 7.72. The van der Waals surface area contributed by atoms with Crippen molar-refractivity contribution in [3.63, 3.8) is 0 Å². The molecule has 0 spiro atoms. The van der Waals surface area contributed by atoms with Gasteiger partial charge < -0.3 is 15.3 Å². The summed E-state index contributed by atoms with van der Waals surface area (Å²) in [6.45, 7) is 9.20. The zero-order valence-electron chi connectivity index (χ0n) is 17.5. The van der Waals surface area contributed by atoms with E-state index in [0.29, 0.717) is 5.75 Å². The number of quaternary nitrogens is 1. The van der Waals surface area contributed by atoms with Crippen LogP contribution in [0.15, 0.2) is 42.5 Å². The molecule has 0 saturated heterocycles. The van der Waals surface area contributed by atoms with Crippen LogP contribution in [-0.4, -0.2) is 33.0 Å². The molecule has 0 atom stereocenters. The van der Waals surface area contributed by atoms with Crippen molar-refractivity contribution in [3.8, 4) is 5.75 Å². The van der Waals surface area contributed by atoms with Crippen LogP contribution in [0.3, 0.4) is 0 Å². The highest BCUT2D eigenvalue weighted by atomic mass is 16.3. The quantitative estimate of drug-likeness (QED) is 0.442. The average molecular weight is 391 g/mol. The van der Waals surface area contributed by atoms with Gasteiger partial charge in [-0.3, -0.25) is 4.68 Å². The van der Waals surface area contributed by atoms with Crippen molar-refractivity contribution in [1.29, 1.82) is 0 Å². The van der Waals surface area contributed by atoms with E-state index in [0.717, 1.165) is 64.2 Å². The number of nitrogens with zero attached hydrogens (tertiary/aromatic N) is 3. The molecule has 0 aliphatic heterocycles. The number of rotatable bonds is 6. The van der Waals surface area contributed by atoms with Crippen LogP contribution in [0.1, 0.15) is 25.1 Å². The highest BCUT2D eigenvalue weighted by Crippen LogP contribution is 2.35. The van der Waals surface area contributed by atoms with Gasteiger partial charge in [-0.2, -0.15) is 5.10 Å². The first-order valence-corrected chi connectivity index (χ1v) is 10.2. The lowest BCUT2D eigenvalue weighted by molar-refractivity contribution is -0.910. The summed E-state index contributed by atoms with van der Waals surface area (Å²) in [5, 5.41) is 20.6. The van der Waals surface area contributed by atoms with Crippen LogP contribution in [0, 0.1) is 6.92 Å². The summed E-state index contributed by atoms with van der Waals surface area (Å²) in [6, 6.07) is 13.9. The summed E-state index contributed by atoms with van der Waals surface area (Å²) in [6.07, 6.45) is 0. The number of phenolic OH excluding ortho intramolecular Hbond substituents is 1. The molecule has 150 valence electrons. The number of hydrogen-bond donors (Lipinski definition) is 3. The first-order chi connectivity index (χ1) is 14.0. The van der Waals surface area contributed by atoms with Crippen LogP contribution in [0.2, 0.25) is 0 Å². The van der Waals surface area contributed by atoms with Gasteiger partial charge in [0.05, 0.1) is 35.4 Å². The molecule has 2 heterocycles. The largest absolute Gasteiger partial charge is 0.507 e. The maximum Gasteiger partial charge on any atom is 0.160 e. The molecule has 0 unspecified atom stereocenters. The molecule has 4 rings (SSSR count). The van der Waals surface area contributed by atoms with Gasteiger partial charge in [-0.05, 0) is 45.0 Å². The Bertz CT molecular complexity index is 1180. The SMILES string of the molecule is CC[NH+](CC)Cc1cc(Nc2c3ccccc3nc3c2c(C)nn3C)ccc1O. The Morgan fingerprint density at radius 3 is 2.62 bits per heavy atom. The van der Waals surface area contributed by atoms with E-state index in [4.69, 9.17) is 4.98 Å². The minimum absolute atomic E-state index is 0.345. The second-order valence-electron chi connectivity index (χ2n) is 7.51. The van der Waals surface area contributed by atoms with Gasteiger partial charge in [-0.15, -0.1) is 0 Å². The summed E-state index contributed by atoms with van der Waals surface area (Å²) in [5.74, 6) is 0.345. The maximum absolute atomic E-state index is 10.4. The normalized spacial score (nSPS) is 11.6. The van der Waals surface area contributed by atoms with Crippen LogP contribution < -0.4 is 10.2 Å². The highest BCUT2D eigenvalue weighted by molar-refractivity contribution is 6.08. The fraction of sp³-hybridized carbons (Fsp3) is 0.304. The molecule has 0 fully saturated rings. The average Bonchev–Trinajstić information content (AvgIpc) is 3.01. The van der Waals surface area contributed by atoms with Crippen LogP contribution in [0.25, 0.3) is 21.9 Å². The summed E-state index contributed by atoms with van der Waals surface area (Å²) in [5.41, 5.74) is 5.63. The van der Waals surface area contributed by atoms with Gasteiger partial charge in [0.15, 0.2) is 5.65 Å². The van der Waals surface area contributed by atoms with Gasteiger partial charge in [0.25, 0.3) is 0 Å². The number of para-hydroxylation sites is 1. The number of pyridine rings is 1. The Morgan fingerprint density at radius 1 is 1.10 bits per heavy atom. The summed E-state index contributed by atoms with van der Waals surface area (Å²) >= 11 is 0. The zero-order chi connectivity index (χ0) is 20.5. The van der Waals surface area contributed by atoms with E-state index in [2.05, 4.69) is 30.3 Å². The standard InChI is InChI=1S/C23H27N5O/c1-5-28(6-2)14-16-13-17(11-12-20(16)29)24-22-18-9-7-8-10-19(18)25-23-21(22)15(3)26-27(23)4/h7-13,29H,5-6,14H2,1-4H3,(H,24,25)/p+1. The molecule has 0 radical (unpaired) electrons. The van der Waals surface area contributed by atoms with Crippen molar-refractivity contribution < 1.29 is 10.0 Å². The zero-order valence-corrected chi connectivity index (χ0v) is 17.5. The third-order valence-corrected chi connectivity index (χ3v) is 5.63. The van der Waals surface area contributed by atoms with Gasteiger partial charge in [0.1, 0.15) is 12.3 Å². The topological polar surface area (TPSA) is 67.4 Å². The molecule has 4 aromatic rings. The third-order valence-electron chi connectivity index (χ3n) is 5.63. The van der Waals surface area contributed by atoms with Gasteiger partial charge in [0.2, 0.25) is 0 Å². The number of fused-ring (bicyclic) bond motifs is 2. The predicted octanol–water partition coefficient (Wildman–Crippen LogP) is 3.30. The fourth-order valence-corrected chi connectivity index (χ4v) is 3.95. The molecular formula is C23H28N5O+. The first kappa shape index (κ1) is 19.2. The number of benzene rings is 2. The highest BCUT2D eigenvalue weighted by Gasteiger charge is 2.17. The van der Waals surface area contributed by atoms with Crippen LogP contribution in [0.5, 0.6) is 5.75 Å². The van der Waals surface area contributed by atoms with E-state index in [1.165, 1.54) is 4.90 Å². The summed E-state index contributed by atoms with van der Waals surface area (Å²) in [7, 11) is 1.92. The molecule has 0 aliphatic rings. The van der Waals surface area contributed by atoms with Gasteiger partial charge in [-0.1, -0.05) is 18.2 Å². The smallest absolute Gasteiger partial charge is 0.160 e. The molecule has 2 aromatic carbocycles. The van der Waals surface area contributed by atoms with Crippen molar-refractivity contribution in [2.24, 2.45) is 7.05 Å².